The molecule has 2 aromatic rings. The number of ether oxygens (including phenoxy) is 2. The molecule has 0 aromatic heterocycles. The van der Waals surface area contributed by atoms with Gasteiger partial charge in [0.05, 0.1) is 36.9 Å². The zero-order valence-corrected chi connectivity index (χ0v) is 16.5. The number of hydrogen-bond acceptors (Lipinski definition) is 6. The SMILES string of the molecule is CCOc1cc([C@@H](CS(C)(=O)=O)Nc2ccc(Cl)cc2N)ccc1OC. The second-order valence-corrected chi connectivity index (χ2v) is 8.49. The Morgan fingerprint density at radius 3 is 2.50 bits per heavy atom. The molecule has 0 spiro atoms. The molecule has 0 aliphatic carbocycles. The van der Waals surface area contributed by atoms with E-state index in [1.165, 1.54) is 6.26 Å². The Kier molecular flexibility index (Phi) is 6.61. The van der Waals surface area contributed by atoms with Crippen LogP contribution in [0.15, 0.2) is 36.4 Å². The van der Waals surface area contributed by atoms with Crippen molar-refractivity contribution < 1.29 is 17.9 Å². The minimum atomic E-state index is -3.25. The molecule has 6 nitrogen and oxygen atoms in total. The summed E-state index contributed by atoms with van der Waals surface area (Å²) in [6, 6.07) is 9.84. The van der Waals surface area contributed by atoms with Crippen LogP contribution in [0.4, 0.5) is 11.4 Å². The predicted molar refractivity (Wildman–Crippen MR) is 106 cm³/mol. The number of nitrogen functional groups attached to an aromatic ring is 1. The van der Waals surface area contributed by atoms with Gasteiger partial charge in [0.25, 0.3) is 0 Å². The minimum absolute atomic E-state index is 0.104. The zero-order chi connectivity index (χ0) is 19.3. The highest BCUT2D eigenvalue weighted by molar-refractivity contribution is 7.90. The maximum Gasteiger partial charge on any atom is 0.161 e. The van der Waals surface area contributed by atoms with Gasteiger partial charge < -0.3 is 20.5 Å². The first kappa shape index (κ1) is 20.2. The summed E-state index contributed by atoms with van der Waals surface area (Å²) >= 11 is 5.93. The summed E-state index contributed by atoms with van der Waals surface area (Å²) in [7, 11) is -1.70. The van der Waals surface area contributed by atoms with Gasteiger partial charge in [0.1, 0.15) is 9.84 Å². The molecule has 0 fully saturated rings. The van der Waals surface area contributed by atoms with E-state index < -0.39 is 15.9 Å². The van der Waals surface area contributed by atoms with Crippen LogP contribution in [0.3, 0.4) is 0 Å². The average molecular weight is 399 g/mol. The van der Waals surface area contributed by atoms with Gasteiger partial charge in [0.2, 0.25) is 0 Å². The predicted octanol–water partition coefficient (Wildman–Crippen LogP) is 3.53. The molecule has 2 aromatic carbocycles. The van der Waals surface area contributed by atoms with Gasteiger partial charge >= 0.3 is 0 Å². The summed E-state index contributed by atoms with van der Waals surface area (Å²) < 4.78 is 34.7. The highest BCUT2D eigenvalue weighted by Crippen LogP contribution is 2.33. The molecule has 1 atom stereocenters. The molecular weight excluding hydrogens is 376 g/mol. The molecule has 8 heteroatoms. The Morgan fingerprint density at radius 2 is 1.92 bits per heavy atom. The van der Waals surface area contributed by atoms with E-state index in [1.54, 1.807) is 43.5 Å². The van der Waals surface area contributed by atoms with Crippen LogP contribution >= 0.6 is 11.6 Å². The Bertz CT molecular complexity index is 871. The summed E-state index contributed by atoms with van der Waals surface area (Å²) in [6.07, 6.45) is 1.19. The van der Waals surface area contributed by atoms with Gasteiger partial charge in [-0.3, -0.25) is 0 Å². The first-order valence-electron chi connectivity index (χ1n) is 8.03. The van der Waals surface area contributed by atoms with Crippen LogP contribution in [0.1, 0.15) is 18.5 Å². The van der Waals surface area contributed by atoms with E-state index in [9.17, 15) is 8.42 Å². The van der Waals surface area contributed by atoms with E-state index in [2.05, 4.69) is 5.32 Å². The standard InChI is InChI=1S/C18H23ClN2O4S/c1-4-25-18-9-12(5-8-17(18)24-2)16(11-26(3,22)23)21-15-7-6-13(19)10-14(15)20/h5-10,16,21H,4,11,20H2,1-3H3/t16-/m1/s1. The Balaban J connectivity index is 2.42. The number of anilines is 2. The summed E-state index contributed by atoms with van der Waals surface area (Å²) in [4.78, 5) is 0. The maximum atomic E-state index is 11.9. The maximum absolute atomic E-state index is 11.9. The molecule has 3 N–H and O–H groups in total. The molecule has 0 amide bonds. The zero-order valence-electron chi connectivity index (χ0n) is 15.0. The van der Waals surface area contributed by atoms with Crippen LogP contribution in [0.2, 0.25) is 5.02 Å². The quantitative estimate of drug-likeness (QED) is 0.661. The van der Waals surface area contributed by atoms with Crippen LogP contribution in [0.5, 0.6) is 11.5 Å². The van der Waals surface area contributed by atoms with Crippen molar-refractivity contribution in [3.8, 4) is 11.5 Å². The largest absolute Gasteiger partial charge is 0.493 e. The van der Waals surface area contributed by atoms with Gasteiger partial charge in [-0.2, -0.15) is 0 Å². The van der Waals surface area contributed by atoms with Crippen molar-refractivity contribution in [2.24, 2.45) is 0 Å². The van der Waals surface area contributed by atoms with Gasteiger partial charge in [0.15, 0.2) is 11.5 Å². The molecule has 0 saturated heterocycles. The van der Waals surface area contributed by atoms with Crippen molar-refractivity contribution in [3.05, 3.63) is 47.0 Å². The van der Waals surface area contributed by atoms with Crippen molar-refractivity contribution in [2.45, 2.75) is 13.0 Å². The van der Waals surface area contributed by atoms with Crippen molar-refractivity contribution in [2.75, 3.05) is 36.8 Å². The fraction of sp³-hybridized carbons (Fsp3) is 0.333. The molecule has 26 heavy (non-hydrogen) atoms. The molecule has 0 unspecified atom stereocenters. The van der Waals surface area contributed by atoms with E-state index in [0.29, 0.717) is 34.5 Å². The van der Waals surface area contributed by atoms with Crippen molar-refractivity contribution in [3.63, 3.8) is 0 Å². The lowest BCUT2D eigenvalue weighted by atomic mass is 10.1. The van der Waals surface area contributed by atoms with Crippen LogP contribution in [-0.4, -0.2) is 34.1 Å². The van der Waals surface area contributed by atoms with Gasteiger partial charge in [-0.25, -0.2) is 8.42 Å². The second-order valence-electron chi connectivity index (χ2n) is 5.86. The van der Waals surface area contributed by atoms with Gasteiger partial charge in [0, 0.05) is 11.3 Å². The van der Waals surface area contributed by atoms with E-state index in [1.807, 2.05) is 6.92 Å². The third kappa shape index (κ3) is 5.44. The highest BCUT2D eigenvalue weighted by atomic mass is 35.5. The fourth-order valence-electron chi connectivity index (χ4n) is 2.56. The number of nitrogens with two attached hydrogens (primary N) is 1. The van der Waals surface area contributed by atoms with E-state index in [4.69, 9.17) is 26.8 Å². The van der Waals surface area contributed by atoms with E-state index in [0.717, 1.165) is 5.56 Å². The molecular formula is C18H23ClN2O4S. The molecule has 0 saturated carbocycles. The lowest BCUT2D eigenvalue weighted by Gasteiger charge is -2.22. The molecule has 0 bridgehead atoms. The van der Waals surface area contributed by atoms with Gasteiger partial charge in [-0.1, -0.05) is 17.7 Å². The number of methoxy groups -OCH3 is 1. The van der Waals surface area contributed by atoms with Crippen molar-refractivity contribution in [1.82, 2.24) is 0 Å². The second kappa shape index (κ2) is 8.51. The van der Waals surface area contributed by atoms with E-state index >= 15 is 0 Å². The molecule has 0 aliphatic heterocycles. The van der Waals surface area contributed by atoms with Gasteiger partial charge in [-0.05, 0) is 42.8 Å². The molecule has 2 rings (SSSR count). The number of halogens is 1. The summed E-state index contributed by atoms with van der Waals surface area (Å²) in [6.45, 7) is 2.33. The normalized spacial score (nSPS) is 12.5. The number of hydrogen-bond donors (Lipinski definition) is 2. The smallest absolute Gasteiger partial charge is 0.161 e. The third-order valence-corrected chi connectivity index (χ3v) is 4.88. The number of nitrogens with one attached hydrogen (secondary N) is 1. The lowest BCUT2D eigenvalue weighted by molar-refractivity contribution is 0.310. The lowest BCUT2D eigenvalue weighted by Crippen LogP contribution is -2.21. The fourth-order valence-corrected chi connectivity index (χ4v) is 3.62. The number of benzene rings is 2. The summed E-state index contributed by atoms with van der Waals surface area (Å²) in [5.41, 5.74) is 7.79. The third-order valence-electron chi connectivity index (χ3n) is 3.70. The molecule has 0 radical (unpaired) electrons. The minimum Gasteiger partial charge on any atom is -0.493 e. The van der Waals surface area contributed by atoms with Crippen molar-refractivity contribution in [1.29, 1.82) is 0 Å². The van der Waals surface area contributed by atoms with E-state index in [-0.39, 0.29) is 5.75 Å². The molecule has 142 valence electrons. The summed E-state index contributed by atoms with van der Waals surface area (Å²) in [5.74, 6) is 1.03. The van der Waals surface area contributed by atoms with Crippen molar-refractivity contribution >= 4 is 32.8 Å². The monoisotopic (exact) mass is 398 g/mol. The highest BCUT2D eigenvalue weighted by Gasteiger charge is 2.20. The van der Waals surface area contributed by atoms with Crippen LogP contribution in [0.25, 0.3) is 0 Å². The average Bonchev–Trinajstić information content (AvgIpc) is 2.55. The first-order valence-corrected chi connectivity index (χ1v) is 10.5. The van der Waals surface area contributed by atoms with Gasteiger partial charge in [-0.15, -0.1) is 0 Å². The molecule has 0 aliphatic rings. The summed E-state index contributed by atoms with van der Waals surface area (Å²) in [5, 5.41) is 3.70. The molecule has 0 heterocycles. The first-order chi connectivity index (χ1) is 12.2. The topological polar surface area (TPSA) is 90.7 Å². The number of sulfone groups is 1. The van der Waals surface area contributed by atoms with Crippen LogP contribution < -0.4 is 20.5 Å². The Morgan fingerprint density at radius 1 is 1.19 bits per heavy atom. The number of rotatable bonds is 8. The Hall–Kier alpha value is -2.12. The Labute approximate surface area is 159 Å². The van der Waals surface area contributed by atoms with Crippen LogP contribution in [0, 0.1) is 0 Å². The van der Waals surface area contributed by atoms with Crippen LogP contribution in [-0.2, 0) is 9.84 Å².